The molecule has 1 saturated heterocycles. The minimum Gasteiger partial charge on any atom is -0.369 e. The Morgan fingerprint density at radius 2 is 1.97 bits per heavy atom. The summed E-state index contributed by atoms with van der Waals surface area (Å²) in [5, 5.41) is 7.48. The molecule has 1 fully saturated rings. The first-order chi connectivity index (χ1) is 15.8. The van der Waals surface area contributed by atoms with Gasteiger partial charge in [0.25, 0.3) is 15.9 Å². The first-order valence-electron chi connectivity index (χ1n) is 11.3. The van der Waals surface area contributed by atoms with E-state index in [4.69, 9.17) is 11.6 Å². The molecular formula is C23H30ClN5O3S. The standard InChI is InChI=1S/C23H30ClN5O3S/c1-27-17-21(22(30)25-11-10-18-6-3-2-4-7-18)23(26-27)33(31,32)29-14-12-28(13-15-29)20-9-5-8-19(24)16-20/h5-6,8-9,16-17H,2-4,7,10-15H2,1H3,(H,25,30). The Labute approximate surface area is 200 Å². The predicted molar refractivity (Wildman–Crippen MR) is 129 cm³/mol. The van der Waals surface area contributed by atoms with Crippen LogP contribution in [0.3, 0.4) is 0 Å². The largest absolute Gasteiger partial charge is 0.369 e. The number of aromatic nitrogens is 2. The number of halogens is 1. The maximum atomic E-state index is 13.4. The number of hydrogen-bond acceptors (Lipinski definition) is 5. The van der Waals surface area contributed by atoms with E-state index in [1.807, 2.05) is 24.3 Å². The summed E-state index contributed by atoms with van der Waals surface area (Å²) in [7, 11) is -2.27. The van der Waals surface area contributed by atoms with Crippen molar-refractivity contribution in [2.24, 2.45) is 7.05 Å². The molecule has 0 radical (unpaired) electrons. The van der Waals surface area contributed by atoms with E-state index in [1.54, 1.807) is 7.05 Å². The molecule has 8 nitrogen and oxygen atoms in total. The van der Waals surface area contributed by atoms with Crippen LogP contribution in [0.15, 0.2) is 47.1 Å². The Morgan fingerprint density at radius 1 is 1.18 bits per heavy atom. The molecule has 2 aromatic rings. The van der Waals surface area contributed by atoms with E-state index in [2.05, 4.69) is 21.4 Å². The summed E-state index contributed by atoms with van der Waals surface area (Å²) in [6.07, 6.45) is 9.10. The van der Waals surface area contributed by atoms with E-state index in [0.717, 1.165) is 24.9 Å². The van der Waals surface area contributed by atoms with Crippen molar-refractivity contribution in [3.05, 3.63) is 52.7 Å². The number of nitrogens with zero attached hydrogens (tertiary/aromatic N) is 4. The number of carbonyl (C=O) groups excluding carboxylic acids is 1. The second-order valence-electron chi connectivity index (χ2n) is 8.51. The number of amides is 1. The first-order valence-corrected chi connectivity index (χ1v) is 13.2. The maximum Gasteiger partial charge on any atom is 0.263 e. The lowest BCUT2D eigenvalue weighted by molar-refractivity contribution is 0.0950. The number of sulfonamides is 1. The van der Waals surface area contributed by atoms with Crippen LogP contribution in [-0.4, -0.2) is 61.1 Å². The zero-order valence-corrected chi connectivity index (χ0v) is 20.4. The minimum atomic E-state index is -3.90. The van der Waals surface area contributed by atoms with Crippen LogP contribution in [0.4, 0.5) is 5.69 Å². The quantitative estimate of drug-likeness (QED) is 0.601. The molecule has 0 bridgehead atoms. The van der Waals surface area contributed by atoms with Gasteiger partial charge in [0, 0.05) is 56.7 Å². The molecule has 1 aromatic heterocycles. The average Bonchev–Trinajstić information content (AvgIpc) is 3.22. The van der Waals surface area contributed by atoms with Crippen molar-refractivity contribution < 1.29 is 13.2 Å². The Hall–Kier alpha value is -2.36. The van der Waals surface area contributed by atoms with Crippen LogP contribution in [0.25, 0.3) is 0 Å². The third kappa shape index (κ3) is 5.59. The van der Waals surface area contributed by atoms with Crippen LogP contribution in [0.1, 0.15) is 42.5 Å². The van der Waals surface area contributed by atoms with Crippen molar-refractivity contribution in [1.29, 1.82) is 0 Å². The van der Waals surface area contributed by atoms with Crippen molar-refractivity contribution >= 4 is 33.2 Å². The van der Waals surface area contributed by atoms with Gasteiger partial charge in [0.05, 0.1) is 5.56 Å². The molecule has 1 amide bonds. The summed E-state index contributed by atoms with van der Waals surface area (Å²) < 4.78 is 29.5. The van der Waals surface area contributed by atoms with Gasteiger partial charge in [-0.2, -0.15) is 9.40 Å². The molecule has 0 unspecified atom stereocenters. The van der Waals surface area contributed by atoms with E-state index in [1.165, 1.54) is 33.6 Å². The van der Waals surface area contributed by atoms with Crippen molar-refractivity contribution in [3.63, 3.8) is 0 Å². The molecule has 2 aliphatic rings. The van der Waals surface area contributed by atoms with Crippen LogP contribution in [0.2, 0.25) is 5.02 Å². The van der Waals surface area contributed by atoms with Gasteiger partial charge in [0.15, 0.2) is 0 Å². The Bertz CT molecular complexity index is 1140. The summed E-state index contributed by atoms with van der Waals surface area (Å²) >= 11 is 6.09. The summed E-state index contributed by atoms with van der Waals surface area (Å²) in [5.41, 5.74) is 2.41. The number of hydrogen-bond donors (Lipinski definition) is 1. The highest BCUT2D eigenvalue weighted by atomic mass is 35.5. The molecule has 1 aliphatic heterocycles. The van der Waals surface area contributed by atoms with Crippen LogP contribution < -0.4 is 10.2 Å². The van der Waals surface area contributed by atoms with Gasteiger partial charge in [0.2, 0.25) is 5.03 Å². The molecule has 4 rings (SSSR count). The fourth-order valence-corrected chi connectivity index (χ4v) is 6.09. The predicted octanol–water partition coefficient (Wildman–Crippen LogP) is 3.20. The smallest absolute Gasteiger partial charge is 0.263 e. The number of nitrogens with one attached hydrogen (secondary N) is 1. The van der Waals surface area contributed by atoms with Crippen LogP contribution in [0, 0.1) is 0 Å². The van der Waals surface area contributed by atoms with Crippen molar-refractivity contribution in [1.82, 2.24) is 19.4 Å². The number of allylic oxidation sites excluding steroid dienone is 1. The average molecular weight is 492 g/mol. The second-order valence-corrected chi connectivity index (χ2v) is 10.8. The topological polar surface area (TPSA) is 87.5 Å². The van der Waals surface area contributed by atoms with Crippen molar-refractivity contribution in [3.8, 4) is 0 Å². The zero-order valence-electron chi connectivity index (χ0n) is 18.8. The van der Waals surface area contributed by atoms with Gasteiger partial charge in [-0.1, -0.05) is 29.3 Å². The fourth-order valence-electron chi connectivity index (χ4n) is 4.36. The van der Waals surface area contributed by atoms with E-state index in [9.17, 15) is 13.2 Å². The first kappa shape index (κ1) is 23.8. The van der Waals surface area contributed by atoms with Gasteiger partial charge in [-0.15, -0.1) is 0 Å². The highest BCUT2D eigenvalue weighted by Gasteiger charge is 2.34. The highest BCUT2D eigenvalue weighted by molar-refractivity contribution is 7.89. The normalized spacial score (nSPS) is 17.6. The summed E-state index contributed by atoms with van der Waals surface area (Å²) in [6, 6.07) is 7.52. The van der Waals surface area contributed by atoms with Gasteiger partial charge >= 0.3 is 0 Å². The van der Waals surface area contributed by atoms with Gasteiger partial charge < -0.3 is 10.2 Å². The Kier molecular flexibility index (Phi) is 7.41. The molecule has 10 heteroatoms. The molecule has 2 heterocycles. The number of piperazine rings is 1. The Balaban J connectivity index is 1.42. The SMILES string of the molecule is Cn1cc(C(=O)NCCC2=CCCCC2)c(S(=O)(=O)N2CCN(c3cccc(Cl)c3)CC2)n1. The van der Waals surface area contributed by atoms with Gasteiger partial charge in [0.1, 0.15) is 0 Å². The van der Waals surface area contributed by atoms with E-state index in [-0.39, 0.29) is 10.6 Å². The maximum absolute atomic E-state index is 13.4. The lowest BCUT2D eigenvalue weighted by Crippen LogP contribution is -2.49. The fraction of sp³-hybridized carbons (Fsp3) is 0.478. The summed E-state index contributed by atoms with van der Waals surface area (Å²) in [6.45, 7) is 2.16. The van der Waals surface area contributed by atoms with Crippen molar-refractivity contribution in [2.75, 3.05) is 37.6 Å². The van der Waals surface area contributed by atoms with E-state index >= 15 is 0 Å². The molecule has 0 atom stereocenters. The zero-order chi connectivity index (χ0) is 23.4. The molecule has 178 valence electrons. The number of benzene rings is 1. The van der Waals surface area contributed by atoms with Gasteiger partial charge in [-0.25, -0.2) is 8.42 Å². The van der Waals surface area contributed by atoms with E-state index < -0.39 is 15.9 Å². The molecule has 0 spiro atoms. The molecule has 1 aliphatic carbocycles. The number of aryl methyl sites for hydroxylation is 1. The lowest BCUT2D eigenvalue weighted by Gasteiger charge is -2.35. The third-order valence-corrected chi connectivity index (χ3v) is 8.22. The number of carbonyl (C=O) groups is 1. The Morgan fingerprint density at radius 3 is 2.67 bits per heavy atom. The summed E-state index contributed by atoms with van der Waals surface area (Å²) in [4.78, 5) is 14.9. The third-order valence-electron chi connectivity index (χ3n) is 6.15. The van der Waals surface area contributed by atoms with Crippen LogP contribution in [-0.2, 0) is 17.1 Å². The monoisotopic (exact) mass is 491 g/mol. The highest BCUT2D eigenvalue weighted by Crippen LogP contribution is 2.24. The second kappa shape index (κ2) is 10.3. The lowest BCUT2D eigenvalue weighted by atomic mass is 9.97. The summed E-state index contributed by atoms with van der Waals surface area (Å²) in [5.74, 6) is -0.407. The number of rotatable bonds is 7. The number of anilines is 1. The van der Waals surface area contributed by atoms with Crippen LogP contribution in [0.5, 0.6) is 0 Å². The van der Waals surface area contributed by atoms with Gasteiger partial charge in [-0.3, -0.25) is 9.48 Å². The molecular weight excluding hydrogens is 462 g/mol. The van der Waals surface area contributed by atoms with Crippen molar-refractivity contribution in [2.45, 2.75) is 37.1 Å². The van der Waals surface area contributed by atoms with Gasteiger partial charge in [-0.05, 0) is 50.3 Å². The molecule has 33 heavy (non-hydrogen) atoms. The molecule has 1 N–H and O–H groups in total. The minimum absolute atomic E-state index is 0.0902. The van der Waals surface area contributed by atoms with Crippen LogP contribution >= 0.6 is 11.6 Å². The molecule has 0 saturated carbocycles. The molecule has 1 aromatic carbocycles. The van der Waals surface area contributed by atoms with E-state index in [0.29, 0.717) is 37.7 Å².